The van der Waals surface area contributed by atoms with Crippen LogP contribution in [0.4, 0.5) is 5.69 Å². The lowest BCUT2D eigenvalue weighted by molar-refractivity contribution is -0.139. The second-order valence-electron chi connectivity index (χ2n) is 6.35. The van der Waals surface area contributed by atoms with Crippen LogP contribution in [0.1, 0.15) is 33.3 Å². The molecule has 0 amide bonds. The van der Waals surface area contributed by atoms with Crippen LogP contribution in [-0.2, 0) is 25.3 Å². The van der Waals surface area contributed by atoms with Crippen LogP contribution in [0.2, 0.25) is 0 Å². The van der Waals surface area contributed by atoms with Crippen molar-refractivity contribution >= 4 is 24.2 Å². The number of nitrogen functional groups attached to an aromatic ring is 1. The number of carbonyl (C=O) groups excluding carboxylic acids is 1. The maximum atomic E-state index is 11.4. The summed E-state index contributed by atoms with van der Waals surface area (Å²) in [5, 5.41) is 0. The molecule has 0 atom stereocenters. The molecule has 5 nitrogen and oxygen atoms in total. The van der Waals surface area contributed by atoms with Gasteiger partial charge in [0.05, 0.1) is 24.7 Å². The molecule has 0 unspecified atom stereocenters. The quantitative estimate of drug-likeness (QED) is 0.516. The van der Waals surface area contributed by atoms with Gasteiger partial charge in [0.1, 0.15) is 0 Å². The van der Waals surface area contributed by atoms with Gasteiger partial charge in [-0.2, -0.15) is 0 Å². The molecular formula is C15H22BNO4. The van der Waals surface area contributed by atoms with E-state index in [0.717, 1.165) is 11.0 Å². The second-order valence-corrected chi connectivity index (χ2v) is 6.35. The van der Waals surface area contributed by atoms with E-state index in [9.17, 15) is 4.79 Å². The second kappa shape index (κ2) is 5.35. The van der Waals surface area contributed by atoms with Gasteiger partial charge in [-0.3, -0.25) is 4.79 Å². The molecule has 1 saturated heterocycles. The molecule has 0 radical (unpaired) electrons. The summed E-state index contributed by atoms with van der Waals surface area (Å²) in [5.74, 6) is -0.305. The number of anilines is 1. The van der Waals surface area contributed by atoms with Crippen LogP contribution in [0.5, 0.6) is 0 Å². The molecule has 114 valence electrons. The molecule has 0 aromatic heterocycles. The highest BCUT2D eigenvalue weighted by atomic mass is 16.7. The molecule has 2 rings (SSSR count). The van der Waals surface area contributed by atoms with Crippen molar-refractivity contribution in [2.45, 2.75) is 45.3 Å². The molecule has 1 fully saturated rings. The third kappa shape index (κ3) is 3.22. The van der Waals surface area contributed by atoms with E-state index in [0.29, 0.717) is 5.69 Å². The molecule has 1 heterocycles. The monoisotopic (exact) mass is 291 g/mol. The predicted octanol–water partition coefficient (Wildman–Crippen LogP) is 1.28. The number of benzene rings is 1. The third-order valence-electron chi connectivity index (χ3n) is 4.14. The predicted molar refractivity (Wildman–Crippen MR) is 82.3 cm³/mol. The van der Waals surface area contributed by atoms with Crippen LogP contribution in [0.3, 0.4) is 0 Å². The number of hydrogen-bond donors (Lipinski definition) is 1. The Labute approximate surface area is 125 Å². The zero-order valence-electron chi connectivity index (χ0n) is 13.2. The molecule has 0 bridgehead atoms. The average Bonchev–Trinajstić information content (AvgIpc) is 2.57. The Balaban J connectivity index is 2.27. The maximum absolute atomic E-state index is 11.4. The molecule has 1 aliphatic rings. The summed E-state index contributed by atoms with van der Waals surface area (Å²) in [6.07, 6.45) is 0.175. The number of hydrogen-bond acceptors (Lipinski definition) is 5. The van der Waals surface area contributed by atoms with E-state index >= 15 is 0 Å². The molecular weight excluding hydrogens is 269 g/mol. The Bertz CT molecular complexity index is 541. The number of methoxy groups -OCH3 is 1. The minimum Gasteiger partial charge on any atom is -0.469 e. The van der Waals surface area contributed by atoms with Crippen molar-refractivity contribution in [3.8, 4) is 0 Å². The average molecular weight is 291 g/mol. The topological polar surface area (TPSA) is 70.8 Å². The van der Waals surface area contributed by atoms with E-state index in [-0.39, 0.29) is 12.4 Å². The molecule has 21 heavy (non-hydrogen) atoms. The van der Waals surface area contributed by atoms with Crippen molar-refractivity contribution in [1.29, 1.82) is 0 Å². The van der Waals surface area contributed by atoms with E-state index in [2.05, 4.69) is 4.74 Å². The SMILES string of the molecule is COC(=O)Cc1cc(N)cc(B2OC(C)(C)C(C)(C)O2)c1. The summed E-state index contributed by atoms with van der Waals surface area (Å²) < 4.78 is 16.7. The first-order chi connectivity index (χ1) is 9.64. The van der Waals surface area contributed by atoms with Crippen molar-refractivity contribution in [3.05, 3.63) is 23.8 Å². The van der Waals surface area contributed by atoms with Gasteiger partial charge in [-0.05, 0) is 50.9 Å². The lowest BCUT2D eigenvalue weighted by atomic mass is 9.78. The Morgan fingerprint density at radius 1 is 1.19 bits per heavy atom. The van der Waals surface area contributed by atoms with Crippen molar-refractivity contribution < 1.29 is 18.8 Å². The first-order valence-electron chi connectivity index (χ1n) is 6.96. The van der Waals surface area contributed by atoms with Crippen molar-refractivity contribution in [1.82, 2.24) is 0 Å². The first-order valence-corrected chi connectivity index (χ1v) is 6.96. The van der Waals surface area contributed by atoms with Crippen LogP contribution in [0.25, 0.3) is 0 Å². The lowest BCUT2D eigenvalue weighted by Crippen LogP contribution is -2.41. The molecule has 6 heteroatoms. The molecule has 0 saturated carbocycles. The van der Waals surface area contributed by atoms with Gasteiger partial charge >= 0.3 is 13.1 Å². The van der Waals surface area contributed by atoms with Gasteiger partial charge < -0.3 is 19.8 Å². The van der Waals surface area contributed by atoms with E-state index in [1.54, 1.807) is 6.07 Å². The Kier molecular flexibility index (Phi) is 4.04. The van der Waals surface area contributed by atoms with Gasteiger partial charge in [-0.25, -0.2) is 0 Å². The molecule has 0 spiro atoms. The van der Waals surface area contributed by atoms with Gasteiger partial charge in [0.15, 0.2) is 0 Å². The normalized spacial score (nSPS) is 19.6. The van der Waals surface area contributed by atoms with Gasteiger partial charge in [-0.1, -0.05) is 6.07 Å². The molecule has 1 aromatic rings. The van der Waals surface area contributed by atoms with Gasteiger partial charge in [0.25, 0.3) is 0 Å². The number of rotatable bonds is 3. The van der Waals surface area contributed by atoms with Crippen molar-refractivity contribution in [2.75, 3.05) is 12.8 Å². The highest BCUT2D eigenvalue weighted by Gasteiger charge is 2.51. The number of ether oxygens (including phenoxy) is 1. The summed E-state index contributed by atoms with van der Waals surface area (Å²) in [4.78, 5) is 11.4. The number of carbonyl (C=O) groups is 1. The maximum Gasteiger partial charge on any atom is 0.494 e. The van der Waals surface area contributed by atoms with Crippen LogP contribution in [0.15, 0.2) is 18.2 Å². The van der Waals surface area contributed by atoms with Gasteiger partial charge in [0.2, 0.25) is 0 Å². The minimum atomic E-state index is -0.491. The third-order valence-corrected chi connectivity index (χ3v) is 4.14. The van der Waals surface area contributed by atoms with E-state index < -0.39 is 18.3 Å². The summed E-state index contributed by atoms with van der Waals surface area (Å²) in [6.45, 7) is 7.98. The van der Waals surface area contributed by atoms with Gasteiger partial charge in [-0.15, -0.1) is 0 Å². The fourth-order valence-electron chi connectivity index (χ4n) is 2.20. The highest BCUT2D eigenvalue weighted by molar-refractivity contribution is 6.62. The van der Waals surface area contributed by atoms with Crippen LogP contribution >= 0.6 is 0 Å². The summed E-state index contributed by atoms with van der Waals surface area (Å²) >= 11 is 0. The largest absolute Gasteiger partial charge is 0.494 e. The number of esters is 1. The van der Waals surface area contributed by atoms with Crippen LogP contribution in [0, 0.1) is 0 Å². The van der Waals surface area contributed by atoms with Crippen molar-refractivity contribution in [3.63, 3.8) is 0 Å². The standard InChI is InChI=1S/C15H22BNO4/c1-14(2)15(3,4)21-16(20-14)11-6-10(7-12(17)9-11)8-13(18)19-5/h6-7,9H,8,17H2,1-5H3. The Morgan fingerprint density at radius 3 is 2.29 bits per heavy atom. The number of nitrogens with two attached hydrogens (primary N) is 1. The summed E-state index contributed by atoms with van der Waals surface area (Å²) in [5.41, 5.74) is 7.26. The fourth-order valence-corrected chi connectivity index (χ4v) is 2.20. The zero-order chi connectivity index (χ0) is 15.8. The summed E-state index contributed by atoms with van der Waals surface area (Å²) in [6, 6.07) is 5.43. The molecule has 1 aliphatic heterocycles. The molecule has 1 aromatic carbocycles. The molecule has 2 N–H and O–H groups in total. The van der Waals surface area contributed by atoms with Crippen molar-refractivity contribution in [2.24, 2.45) is 0 Å². The summed E-state index contributed by atoms with van der Waals surface area (Å²) in [7, 11) is 0.874. The van der Waals surface area contributed by atoms with Gasteiger partial charge in [0, 0.05) is 5.69 Å². The van der Waals surface area contributed by atoms with E-state index in [1.165, 1.54) is 7.11 Å². The van der Waals surface area contributed by atoms with E-state index in [4.69, 9.17) is 15.0 Å². The Morgan fingerprint density at radius 2 is 1.76 bits per heavy atom. The minimum absolute atomic E-state index is 0.175. The van der Waals surface area contributed by atoms with Crippen LogP contribution in [-0.4, -0.2) is 31.4 Å². The fraction of sp³-hybridized carbons (Fsp3) is 0.533. The highest BCUT2D eigenvalue weighted by Crippen LogP contribution is 2.36. The smallest absolute Gasteiger partial charge is 0.469 e. The lowest BCUT2D eigenvalue weighted by Gasteiger charge is -2.32. The first kappa shape index (κ1) is 15.9. The zero-order valence-corrected chi connectivity index (χ0v) is 13.2. The van der Waals surface area contributed by atoms with Crippen LogP contribution < -0.4 is 11.2 Å². The Hall–Kier alpha value is -1.53. The van der Waals surface area contributed by atoms with E-state index in [1.807, 2.05) is 39.8 Å². The molecule has 0 aliphatic carbocycles.